The zero-order valence-corrected chi connectivity index (χ0v) is 16.8. The zero-order valence-electron chi connectivity index (χ0n) is 16.8. The highest BCUT2D eigenvalue weighted by Crippen LogP contribution is 2.46. The highest BCUT2D eigenvalue weighted by atomic mass is 16.2. The summed E-state index contributed by atoms with van der Waals surface area (Å²) >= 11 is 0. The zero-order chi connectivity index (χ0) is 19.4. The molecule has 1 saturated carbocycles. The van der Waals surface area contributed by atoms with E-state index in [1.165, 1.54) is 18.5 Å². The lowest BCUT2D eigenvalue weighted by Gasteiger charge is -2.32. The van der Waals surface area contributed by atoms with E-state index in [2.05, 4.69) is 34.6 Å². The van der Waals surface area contributed by atoms with Gasteiger partial charge in [0.15, 0.2) is 0 Å². The molecule has 1 aliphatic carbocycles. The first-order valence-corrected chi connectivity index (χ1v) is 10.0. The van der Waals surface area contributed by atoms with Crippen LogP contribution in [0.4, 0.5) is 11.4 Å². The monoisotopic (exact) mass is 372 g/mol. The third-order valence-electron chi connectivity index (χ3n) is 5.74. The number of amides is 2. The van der Waals surface area contributed by atoms with E-state index in [4.69, 9.17) is 0 Å². The number of benzene rings is 1. The molecule has 1 aliphatic heterocycles. The molecule has 1 saturated heterocycles. The first-order chi connectivity index (χ1) is 12.9. The minimum Gasteiger partial charge on any atom is -0.372 e. The third-order valence-corrected chi connectivity index (χ3v) is 5.74. The van der Waals surface area contributed by atoms with Crippen molar-refractivity contribution < 1.29 is 9.59 Å². The average molecular weight is 373 g/mol. The smallest absolute Gasteiger partial charge is 0.240 e. The summed E-state index contributed by atoms with van der Waals surface area (Å²) in [5, 5.41) is 5.82. The largest absolute Gasteiger partial charge is 0.372 e. The Hall–Kier alpha value is -2.08. The lowest BCUT2D eigenvalue weighted by molar-refractivity contribution is -0.134. The predicted octanol–water partition coefficient (Wildman–Crippen LogP) is 2.32. The molecule has 3 rings (SSSR count). The molecule has 2 fully saturated rings. The van der Waals surface area contributed by atoms with Crippen LogP contribution in [0.15, 0.2) is 24.3 Å². The lowest BCUT2D eigenvalue weighted by atomic mass is 9.99. The summed E-state index contributed by atoms with van der Waals surface area (Å²) in [5.74, 6) is 0.462. The Bertz CT molecular complexity index is 659. The fraction of sp³-hybridized carbons (Fsp3) is 0.619. The summed E-state index contributed by atoms with van der Waals surface area (Å²) in [5.41, 5.74) is 1.07. The SMILES string of the molecule is CC1CCN(c2ccc(NC(=O)C3(C(=O)NCCN(C)C)CC3)cc2)CC1. The summed E-state index contributed by atoms with van der Waals surface area (Å²) in [6.45, 7) is 5.80. The minimum absolute atomic E-state index is 0.152. The predicted molar refractivity (Wildman–Crippen MR) is 109 cm³/mol. The molecule has 0 aromatic heterocycles. The van der Waals surface area contributed by atoms with Gasteiger partial charge in [-0.05, 0) is 70.0 Å². The van der Waals surface area contributed by atoms with Crippen molar-refractivity contribution in [3.05, 3.63) is 24.3 Å². The van der Waals surface area contributed by atoms with Crippen LogP contribution in [0, 0.1) is 11.3 Å². The minimum atomic E-state index is -0.881. The van der Waals surface area contributed by atoms with Crippen LogP contribution in [0.2, 0.25) is 0 Å². The maximum absolute atomic E-state index is 12.7. The lowest BCUT2D eigenvalue weighted by Crippen LogP contribution is -2.42. The molecule has 1 aromatic rings. The van der Waals surface area contributed by atoms with Crippen LogP contribution in [0.3, 0.4) is 0 Å². The van der Waals surface area contributed by atoms with Crippen molar-refractivity contribution in [2.75, 3.05) is 50.5 Å². The van der Waals surface area contributed by atoms with Crippen molar-refractivity contribution in [3.63, 3.8) is 0 Å². The van der Waals surface area contributed by atoms with E-state index in [0.29, 0.717) is 19.4 Å². The highest BCUT2D eigenvalue weighted by Gasteiger charge is 2.56. The first-order valence-electron chi connectivity index (χ1n) is 10.0. The van der Waals surface area contributed by atoms with Crippen molar-refractivity contribution in [1.82, 2.24) is 10.2 Å². The molecular formula is C21H32N4O2. The van der Waals surface area contributed by atoms with Crippen LogP contribution in [0.1, 0.15) is 32.6 Å². The van der Waals surface area contributed by atoms with Crippen molar-refractivity contribution >= 4 is 23.2 Å². The molecule has 0 atom stereocenters. The second kappa shape index (κ2) is 8.30. The standard InChI is InChI=1S/C21H32N4O2/c1-16-8-13-25(14-9-16)18-6-4-17(5-7-18)23-20(27)21(10-11-21)19(26)22-12-15-24(2)3/h4-7,16H,8-15H2,1-3H3,(H,22,26)(H,23,27). The van der Waals surface area contributed by atoms with Crippen LogP contribution in [-0.2, 0) is 9.59 Å². The quantitative estimate of drug-likeness (QED) is 0.721. The molecule has 2 aliphatic rings. The van der Waals surface area contributed by atoms with Gasteiger partial charge in [-0.2, -0.15) is 0 Å². The molecule has 0 bridgehead atoms. The number of nitrogens with zero attached hydrogens (tertiary/aromatic N) is 2. The summed E-state index contributed by atoms with van der Waals surface area (Å²) < 4.78 is 0. The number of anilines is 2. The van der Waals surface area contributed by atoms with Crippen LogP contribution in [0.5, 0.6) is 0 Å². The molecule has 0 spiro atoms. The number of carbonyl (C=O) groups excluding carboxylic acids is 2. The van der Waals surface area contributed by atoms with E-state index in [-0.39, 0.29) is 11.8 Å². The average Bonchev–Trinajstić information content (AvgIpc) is 3.45. The molecule has 2 N–H and O–H groups in total. The van der Waals surface area contributed by atoms with Crippen LogP contribution in [0.25, 0.3) is 0 Å². The Morgan fingerprint density at radius 2 is 1.74 bits per heavy atom. The summed E-state index contributed by atoms with van der Waals surface area (Å²) in [6, 6.07) is 7.99. The van der Waals surface area contributed by atoms with Crippen LogP contribution >= 0.6 is 0 Å². The second-order valence-corrected chi connectivity index (χ2v) is 8.31. The summed E-state index contributed by atoms with van der Waals surface area (Å²) in [4.78, 5) is 29.5. The van der Waals surface area contributed by atoms with Crippen LogP contribution < -0.4 is 15.5 Å². The molecular weight excluding hydrogens is 340 g/mol. The molecule has 27 heavy (non-hydrogen) atoms. The van der Waals surface area contributed by atoms with E-state index in [1.807, 2.05) is 31.1 Å². The number of likely N-dealkylation sites (N-methyl/N-ethyl adjacent to an activating group) is 1. The number of hydrogen-bond acceptors (Lipinski definition) is 4. The molecule has 6 heteroatoms. The Labute approximate surface area is 162 Å². The van der Waals surface area contributed by atoms with Gasteiger partial charge in [-0.1, -0.05) is 6.92 Å². The van der Waals surface area contributed by atoms with Crippen molar-refractivity contribution in [3.8, 4) is 0 Å². The Morgan fingerprint density at radius 1 is 1.11 bits per heavy atom. The van der Waals surface area contributed by atoms with Gasteiger partial charge >= 0.3 is 0 Å². The third kappa shape index (κ3) is 4.80. The first kappa shape index (κ1) is 19.7. The van der Waals surface area contributed by atoms with Gasteiger partial charge in [0.2, 0.25) is 11.8 Å². The van der Waals surface area contributed by atoms with Crippen LogP contribution in [-0.4, -0.2) is 57.0 Å². The molecule has 0 radical (unpaired) electrons. The fourth-order valence-corrected chi connectivity index (χ4v) is 3.52. The van der Waals surface area contributed by atoms with E-state index in [1.54, 1.807) is 0 Å². The number of carbonyl (C=O) groups is 2. The van der Waals surface area contributed by atoms with Gasteiger partial charge in [0.25, 0.3) is 0 Å². The topological polar surface area (TPSA) is 64.7 Å². The summed E-state index contributed by atoms with van der Waals surface area (Å²) in [6.07, 6.45) is 3.70. The van der Waals surface area contributed by atoms with Gasteiger partial charge in [0.1, 0.15) is 5.41 Å². The molecule has 148 valence electrons. The van der Waals surface area contributed by atoms with Crippen molar-refractivity contribution in [2.45, 2.75) is 32.6 Å². The molecule has 1 heterocycles. The number of nitrogens with one attached hydrogen (secondary N) is 2. The maximum Gasteiger partial charge on any atom is 0.240 e. The highest BCUT2D eigenvalue weighted by molar-refractivity contribution is 6.13. The second-order valence-electron chi connectivity index (χ2n) is 8.31. The maximum atomic E-state index is 12.7. The number of piperidine rings is 1. The van der Waals surface area contributed by atoms with Gasteiger partial charge < -0.3 is 20.4 Å². The van der Waals surface area contributed by atoms with Crippen molar-refractivity contribution in [1.29, 1.82) is 0 Å². The van der Waals surface area contributed by atoms with E-state index < -0.39 is 5.41 Å². The summed E-state index contributed by atoms with van der Waals surface area (Å²) in [7, 11) is 3.92. The van der Waals surface area contributed by atoms with Gasteiger partial charge in [-0.25, -0.2) is 0 Å². The van der Waals surface area contributed by atoms with Gasteiger partial charge in [0, 0.05) is 37.6 Å². The fourth-order valence-electron chi connectivity index (χ4n) is 3.52. The van der Waals surface area contributed by atoms with Gasteiger partial charge in [-0.3, -0.25) is 9.59 Å². The van der Waals surface area contributed by atoms with Crippen molar-refractivity contribution in [2.24, 2.45) is 11.3 Å². The number of hydrogen-bond donors (Lipinski definition) is 2. The Balaban J connectivity index is 1.54. The number of rotatable bonds is 7. The van der Waals surface area contributed by atoms with Gasteiger partial charge in [0.05, 0.1) is 0 Å². The van der Waals surface area contributed by atoms with Gasteiger partial charge in [-0.15, -0.1) is 0 Å². The van der Waals surface area contributed by atoms with E-state index in [9.17, 15) is 9.59 Å². The molecule has 1 aromatic carbocycles. The molecule has 2 amide bonds. The normalized spacial score (nSPS) is 19.0. The Morgan fingerprint density at radius 3 is 2.30 bits per heavy atom. The molecule has 0 unspecified atom stereocenters. The Kier molecular flexibility index (Phi) is 6.05. The van der Waals surface area contributed by atoms with E-state index in [0.717, 1.165) is 31.2 Å². The molecule has 6 nitrogen and oxygen atoms in total. The van der Waals surface area contributed by atoms with E-state index >= 15 is 0 Å².